The lowest BCUT2D eigenvalue weighted by atomic mass is 10.0. The molecule has 0 aliphatic heterocycles. The van der Waals surface area contributed by atoms with Crippen molar-refractivity contribution in [2.45, 2.75) is 41.9 Å². The molecule has 0 heterocycles. The minimum Gasteiger partial charge on any atom is -0.300 e. The maximum atomic E-state index is 9.31. The second-order valence-electron chi connectivity index (χ2n) is 4.52. The first-order chi connectivity index (χ1) is 8.28. The summed E-state index contributed by atoms with van der Waals surface area (Å²) < 4.78 is 0. The molecular weight excluding hydrogens is 228 g/mol. The molecule has 1 aromatic carbocycles. The van der Waals surface area contributed by atoms with Crippen molar-refractivity contribution in [3.8, 4) is 6.07 Å². The summed E-state index contributed by atoms with van der Waals surface area (Å²) in [7, 11) is 0. The Morgan fingerprint density at radius 3 is 2.88 bits per heavy atom. The van der Waals surface area contributed by atoms with E-state index in [1.807, 2.05) is 17.8 Å². The minimum atomic E-state index is -0.277. The number of benzene rings is 1. The molecule has 0 spiro atoms. The first-order valence-electron chi connectivity index (χ1n) is 6.16. The van der Waals surface area contributed by atoms with Gasteiger partial charge < -0.3 is 0 Å². The van der Waals surface area contributed by atoms with Gasteiger partial charge in [0.25, 0.3) is 0 Å². The van der Waals surface area contributed by atoms with Crippen LogP contribution >= 0.6 is 11.8 Å². The predicted octanol–water partition coefficient (Wildman–Crippen LogP) is 3.20. The highest BCUT2D eigenvalue weighted by molar-refractivity contribution is 8.00. The fraction of sp³-hybridized carbons (Fsp3) is 0.500. The van der Waals surface area contributed by atoms with Gasteiger partial charge in [0.15, 0.2) is 0 Å². The molecule has 2 rings (SSSR count). The van der Waals surface area contributed by atoms with E-state index in [0.717, 1.165) is 25.8 Å². The van der Waals surface area contributed by atoms with Crippen LogP contribution in [-0.2, 0) is 0 Å². The summed E-state index contributed by atoms with van der Waals surface area (Å²) in [4.78, 5) is 1.31. The first-order valence-corrected chi connectivity index (χ1v) is 7.04. The van der Waals surface area contributed by atoms with Crippen molar-refractivity contribution < 1.29 is 0 Å². The number of nitrogens with one attached hydrogen (secondary N) is 1. The van der Waals surface area contributed by atoms with Gasteiger partial charge in [-0.05, 0) is 37.9 Å². The van der Waals surface area contributed by atoms with E-state index < -0.39 is 0 Å². The van der Waals surface area contributed by atoms with Gasteiger partial charge in [0.2, 0.25) is 0 Å². The first kappa shape index (κ1) is 12.5. The largest absolute Gasteiger partial charge is 0.300 e. The van der Waals surface area contributed by atoms with E-state index in [1.54, 1.807) is 0 Å². The van der Waals surface area contributed by atoms with Crippen LogP contribution in [-0.4, -0.2) is 17.3 Å². The van der Waals surface area contributed by atoms with E-state index >= 15 is 0 Å². The molecule has 1 aliphatic rings. The predicted molar refractivity (Wildman–Crippen MR) is 72.0 cm³/mol. The Morgan fingerprint density at radius 2 is 2.24 bits per heavy atom. The van der Waals surface area contributed by atoms with Gasteiger partial charge in [0, 0.05) is 10.1 Å². The van der Waals surface area contributed by atoms with Gasteiger partial charge in [-0.15, -0.1) is 11.8 Å². The molecule has 0 amide bonds. The van der Waals surface area contributed by atoms with Gasteiger partial charge >= 0.3 is 0 Å². The molecule has 90 valence electrons. The number of hydrogen-bond acceptors (Lipinski definition) is 3. The van der Waals surface area contributed by atoms with E-state index in [-0.39, 0.29) is 5.54 Å². The maximum Gasteiger partial charge on any atom is 0.107 e. The molecule has 1 fully saturated rings. The molecule has 0 radical (unpaired) electrons. The summed E-state index contributed by atoms with van der Waals surface area (Å²) in [6.45, 7) is 2.94. The van der Waals surface area contributed by atoms with Crippen LogP contribution in [0.5, 0.6) is 0 Å². The third-order valence-electron chi connectivity index (χ3n) is 3.24. The molecular formula is C14H18N2S. The Bertz CT molecular complexity index is 398. The highest BCUT2D eigenvalue weighted by Crippen LogP contribution is 2.39. The quantitative estimate of drug-likeness (QED) is 0.886. The van der Waals surface area contributed by atoms with E-state index in [2.05, 4.69) is 42.6 Å². The van der Waals surface area contributed by atoms with Gasteiger partial charge in [0.1, 0.15) is 5.54 Å². The van der Waals surface area contributed by atoms with Crippen molar-refractivity contribution in [2.75, 3.05) is 6.54 Å². The van der Waals surface area contributed by atoms with Crippen LogP contribution in [0.25, 0.3) is 0 Å². The second-order valence-corrected chi connectivity index (χ2v) is 5.89. The van der Waals surface area contributed by atoms with Crippen molar-refractivity contribution in [3.05, 3.63) is 30.3 Å². The van der Waals surface area contributed by atoms with Gasteiger partial charge in [-0.1, -0.05) is 25.1 Å². The number of hydrogen-bond donors (Lipinski definition) is 1. The molecule has 1 N–H and O–H groups in total. The fourth-order valence-corrected chi connectivity index (χ4v) is 3.74. The average Bonchev–Trinajstić information content (AvgIpc) is 2.75. The van der Waals surface area contributed by atoms with E-state index in [1.165, 1.54) is 4.90 Å². The number of nitrogens with zero attached hydrogens (tertiary/aromatic N) is 1. The topological polar surface area (TPSA) is 35.8 Å². The Kier molecular flexibility index (Phi) is 4.09. The van der Waals surface area contributed by atoms with E-state index in [9.17, 15) is 5.26 Å². The van der Waals surface area contributed by atoms with E-state index in [4.69, 9.17) is 0 Å². The number of thioether (sulfide) groups is 1. The second kappa shape index (κ2) is 5.57. The van der Waals surface area contributed by atoms with E-state index in [0.29, 0.717) is 5.25 Å². The highest BCUT2D eigenvalue weighted by atomic mass is 32.2. The lowest BCUT2D eigenvalue weighted by molar-refractivity contribution is 0.436. The van der Waals surface area contributed by atoms with Crippen molar-refractivity contribution in [2.24, 2.45) is 0 Å². The fourth-order valence-electron chi connectivity index (χ4n) is 2.43. The zero-order chi connectivity index (χ0) is 12.1. The molecule has 2 atom stereocenters. The molecule has 1 aromatic rings. The lowest BCUT2D eigenvalue weighted by Crippen LogP contribution is -2.41. The van der Waals surface area contributed by atoms with Crippen LogP contribution in [0.15, 0.2) is 35.2 Å². The molecule has 2 nitrogen and oxygen atoms in total. The number of rotatable bonds is 4. The zero-order valence-corrected chi connectivity index (χ0v) is 11.0. The molecule has 0 saturated heterocycles. The van der Waals surface area contributed by atoms with Gasteiger partial charge in [-0.3, -0.25) is 5.32 Å². The smallest absolute Gasteiger partial charge is 0.107 e. The van der Waals surface area contributed by atoms with Crippen LogP contribution in [0.1, 0.15) is 26.2 Å². The van der Waals surface area contributed by atoms with Crippen molar-refractivity contribution >= 4 is 11.8 Å². The third kappa shape index (κ3) is 3.02. The summed E-state index contributed by atoms with van der Waals surface area (Å²) in [5.74, 6) is 0. The Hall–Kier alpha value is -0.980. The Morgan fingerprint density at radius 1 is 1.47 bits per heavy atom. The molecule has 1 aliphatic carbocycles. The van der Waals surface area contributed by atoms with Crippen molar-refractivity contribution in [1.82, 2.24) is 5.32 Å². The summed E-state index contributed by atoms with van der Waals surface area (Å²) in [6, 6.07) is 12.9. The zero-order valence-electron chi connectivity index (χ0n) is 10.1. The number of nitriles is 1. The minimum absolute atomic E-state index is 0.277. The Balaban J connectivity index is 1.96. The van der Waals surface area contributed by atoms with Crippen LogP contribution in [0, 0.1) is 11.3 Å². The van der Waals surface area contributed by atoms with Crippen LogP contribution < -0.4 is 5.32 Å². The molecule has 17 heavy (non-hydrogen) atoms. The maximum absolute atomic E-state index is 9.31. The third-order valence-corrected chi connectivity index (χ3v) is 4.52. The van der Waals surface area contributed by atoms with Crippen LogP contribution in [0.3, 0.4) is 0 Å². The normalized spacial score (nSPS) is 27.9. The van der Waals surface area contributed by atoms with Gasteiger partial charge in [-0.2, -0.15) is 5.26 Å². The highest BCUT2D eigenvalue weighted by Gasteiger charge is 2.38. The van der Waals surface area contributed by atoms with Crippen LogP contribution in [0.2, 0.25) is 0 Å². The summed E-state index contributed by atoms with van der Waals surface area (Å²) in [5.41, 5.74) is -0.277. The van der Waals surface area contributed by atoms with Crippen molar-refractivity contribution in [3.63, 3.8) is 0 Å². The Labute approximate surface area is 107 Å². The standard InChI is InChI=1S/C14H18N2S/c1-2-16-14(11-15)9-8-13(10-14)17-12-6-4-3-5-7-12/h3-7,13,16H,2,8-10H2,1H3. The molecule has 0 bridgehead atoms. The molecule has 1 saturated carbocycles. The average molecular weight is 246 g/mol. The molecule has 2 unspecified atom stereocenters. The molecule has 0 aromatic heterocycles. The van der Waals surface area contributed by atoms with Crippen LogP contribution in [0.4, 0.5) is 0 Å². The SMILES string of the molecule is CCNC1(C#N)CCC(Sc2ccccc2)C1. The lowest BCUT2D eigenvalue weighted by Gasteiger charge is -2.21. The summed E-state index contributed by atoms with van der Waals surface area (Å²) in [5, 5.41) is 13.2. The molecule has 3 heteroatoms. The van der Waals surface area contributed by atoms with Gasteiger partial charge in [0.05, 0.1) is 6.07 Å². The van der Waals surface area contributed by atoms with Crippen molar-refractivity contribution in [1.29, 1.82) is 5.26 Å². The summed E-state index contributed by atoms with van der Waals surface area (Å²) in [6.07, 6.45) is 3.05. The summed E-state index contributed by atoms with van der Waals surface area (Å²) >= 11 is 1.90. The monoisotopic (exact) mass is 246 g/mol. The van der Waals surface area contributed by atoms with Gasteiger partial charge in [-0.25, -0.2) is 0 Å².